The molecule has 1 fully saturated rings. The van der Waals surface area contributed by atoms with Crippen molar-refractivity contribution in [1.29, 1.82) is 0 Å². The molecule has 0 amide bonds. The molecule has 35 heavy (non-hydrogen) atoms. The molecule has 1 rings (SSSR count). The van der Waals surface area contributed by atoms with Crippen LogP contribution in [0.15, 0.2) is 12.2 Å². The Balaban J connectivity index is 0.00000209. The molecule has 0 saturated carbocycles. The molecule has 9 heteroatoms. The maximum absolute atomic E-state index is 11.7. The number of carboxylic acid groups (broad SMARTS) is 1. The Morgan fingerprint density at radius 1 is 0.943 bits per heavy atom. The molecule has 0 spiro atoms. The molecule has 1 saturated heterocycles. The van der Waals surface area contributed by atoms with E-state index in [1.165, 1.54) is 57.8 Å². The van der Waals surface area contributed by atoms with E-state index in [1.54, 1.807) is 0 Å². The highest BCUT2D eigenvalue weighted by Gasteiger charge is 2.39. The molecule has 0 radical (unpaired) electrons. The molecule has 0 aromatic rings. The number of aliphatic carboxylic acids is 1. The molecule has 1 heterocycles. The van der Waals surface area contributed by atoms with Crippen molar-refractivity contribution < 1.29 is 44.6 Å². The lowest BCUT2D eigenvalue weighted by molar-refractivity contribution is -0.151. The number of esters is 1. The van der Waals surface area contributed by atoms with Crippen molar-refractivity contribution in [2.75, 3.05) is 19.8 Å². The second-order valence-corrected chi connectivity index (χ2v) is 8.99. The van der Waals surface area contributed by atoms with Crippen LogP contribution in [-0.4, -0.2) is 81.7 Å². The third kappa shape index (κ3) is 19.4. The smallest absolute Gasteiger partial charge is 0.329 e. The van der Waals surface area contributed by atoms with Gasteiger partial charge in [0.2, 0.25) is 0 Å². The Hall–Kier alpha value is -1.52. The zero-order chi connectivity index (χ0) is 26.3. The molecule has 0 unspecified atom stereocenters. The molecular formula is C26H48O9. The van der Waals surface area contributed by atoms with Crippen LogP contribution < -0.4 is 0 Å². The number of aliphatic hydroxyl groups is 4. The van der Waals surface area contributed by atoms with Gasteiger partial charge in [-0.3, -0.25) is 4.79 Å². The lowest BCUT2D eigenvalue weighted by Crippen LogP contribution is -2.41. The number of rotatable bonds is 19. The van der Waals surface area contributed by atoms with Crippen molar-refractivity contribution in [1.82, 2.24) is 0 Å². The van der Waals surface area contributed by atoms with E-state index in [-0.39, 0.29) is 19.2 Å². The van der Waals surface area contributed by atoms with Gasteiger partial charge < -0.3 is 35.0 Å². The lowest BCUT2D eigenvalue weighted by Gasteiger charge is -2.20. The number of carbonyl (C=O) groups excluding carboxylic acids is 1. The van der Waals surface area contributed by atoms with Crippen LogP contribution in [0.2, 0.25) is 0 Å². The average Bonchev–Trinajstić information content (AvgIpc) is 3.18. The van der Waals surface area contributed by atoms with Gasteiger partial charge in [0.05, 0.1) is 6.61 Å². The topological polar surface area (TPSA) is 154 Å². The predicted molar refractivity (Wildman–Crippen MR) is 133 cm³/mol. The molecule has 1 aliphatic rings. The Kier molecular flexibility index (Phi) is 21.9. The first-order chi connectivity index (χ1) is 16.8. The molecule has 206 valence electrons. The minimum atomic E-state index is -1.19. The van der Waals surface area contributed by atoms with Crippen LogP contribution in [0, 0.1) is 0 Å². The van der Waals surface area contributed by atoms with Gasteiger partial charge in [0.25, 0.3) is 0 Å². The van der Waals surface area contributed by atoms with Gasteiger partial charge in [0.15, 0.2) is 0 Å². The summed E-state index contributed by atoms with van der Waals surface area (Å²) in [5.74, 6) is -1.54. The molecule has 4 atom stereocenters. The van der Waals surface area contributed by atoms with Crippen LogP contribution in [0.25, 0.3) is 0 Å². The number of hydrogen-bond donors (Lipinski definition) is 5. The summed E-state index contributed by atoms with van der Waals surface area (Å²) in [6, 6.07) is 0. The predicted octanol–water partition coefficient (Wildman–Crippen LogP) is 3.11. The van der Waals surface area contributed by atoms with E-state index in [1.807, 2.05) is 0 Å². The third-order valence-corrected chi connectivity index (χ3v) is 5.76. The normalized spacial score (nSPS) is 20.4. The second-order valence-electron chi connectivity index (χ2n) is 8.99. The number of aliphatic hydroxyl groups excluding tert-OH is 4. The van der Waals surface area contributed by atoms with Gasteiger partial charge in [-0.2, -0.15) is 0 Å². The van der Waals surface area contributed by atoms with Gasteiger partial charge in [0, 0.05) is 6.42 Å². The van der Waals surface area contributed by atoms with Gasteiger partial charge in [0.1, 0.15) is 37.6 Å². The first-order valence-corrected chi connectivity index (χ1v) is 13.1. The average molecular weight is 505 g/mol. The zero-order valence-corrected chi connectivity index (χ0v) is 21.4. The number of carboxylic acids is 1. The molecule has 0 aliphatic carbocycles. The summed E-state index contributed by atoms with van der Waals surface area (Å²) in [6.07, 6.45) is 16.5. The first kappa shape index (κ1) is 33.5. The van der Waals surface area contributed by atoms with Crippen LogP contribution in [-0.2, 0) is 19.1 Å². The monoisotopic (exact) mass is 504 g/mol. The summed E-state index contributed by atoms with van der Waals surface area (Å²) in [6.45, 7) is 1.23. The molecule has 5 N–H and O–H groups in total. The van der Waals surface area contributed by atoms with Crippen molar-refractivity contribution >= 4 is 11.9 Å². The molecule has 0 aromatic heterocycles. The fraction of sp³-hybridized carbons (Fsp3) is 0.846. The molecule has 9 nitrogen and oxygen atoms in total. The van der Waals surface area contributed by atoms with Crippen molar-refractivity contribution in [3.8, 4) is 0 Å². The maximum atomic E-state index is 11.7. The van der Waals surface area contributed by atoms with Gasteiger partial charge in [-0.15, -0.1) is 0 Å². The molecule has 0 bridgehead atoms. The largest absolute Gasteiger partial charge is 0.480 e. The first-order valence-electron chi connectivity index (χ1n) is 13.1. The molecular weight excluding hydrogens is 456 g/mol. The fourth-order valence-electron chi connectivity index (χ4n) is 3.65. The minimum Gasteiger partial charge on any atom is -0.480 e. The van der Waals surface area contributed by atoms with E-state index in [0.29, 0.717) is 6.42 Å². The molecule has 0 aromatic carbocycles. The number of carbonyl (C=O) groups is 2. The zero-order valence-electron chi connectivity index (χ0n) is 21.4. The highest BCUT2D eigenvalue weighted by molar-refractivity contribution is 5.69. The Morgan fingerprint density at radius 3 is 1.94 bits per heavy atom. The van der Waals surface area contributed by atoms with E-state index in [4.69, 9.17) is 24.5 Å². The van der Waals surface area contributed by atoms with Crippen molar-refractivity contribution in [2.45, 2.75) is 121 Å². The maximum Gasteiger partial charge on any atom is 0.329 e. The van der Waals surface area contributed by atoms with E-state index < -0.39 is 37.0 Å². The highest BCUT2D eigenvalue weighted by Crippen LogP contribution is 2.18. The SMILES string of the molecule is CCCCCCCC/C=C\CCCCCCCC(=O)OC[C@@H](O)[C@H]1OC[C@H](O)[C@H]1O.O=C(O)CO. The van der Waals surface area contributed by atoms with E-state index in [2.05, 4.69) is 19.1 Å². The van der Waals surface area contributed by atoms with E-state index >= 15 is 0 Å². The summed E-state index contributed by atoms with van der Waals surface area (Å²) in [7, 11) is 0. The van der Waals surface area contributed by atoms with Crippen molar-refractivity contribution in [3.05, 3.63) is 12.2 Å². The van der Waals surface area contributed by atoms with Crippen LogP contribution in [0.3, 0.4) is 0 Å². The summed E-state index contributed by atoms with van der Waals surface area (Å²) >= 11 is 0. The summed E-state index contributed by atoms with van der Waals surface area (Å²) in [5, 5.41) is 44.0. The van der Waals surface area contributed by atoms with Crippen LogP contribution in [0.4, 0.5) is 0 Å². The number of unbranched alkanes of at least 4 members (excludes halogenated alkanes) is 11. The van der Waals surface area contributed by atoms with Crippen LogP contribution in [0.1, 0.15) is 96.8 Å². The minimum absolute atomic E-state index is 0.0221. The second kappa shape index (κ2) is 22.9. The van der Waals surface area contributed by atoms with Gasteiger partial charge in [-0.25, -0.2) is 4.79 Å². The van der Waals surface area contributed by atoms with Gasteiger partial charge >= 0.3 is 11.9 Å². The van der Waals surface area contributed by atoms with Crippen molar-refractivity contribution in [3.63, 3.8) is 0 Å². The lowest BCUT2D eigenvalue weighted by atomic mass is 10.1. The fourth-order valence-corrected chi connectivity index (χ4v) is 3.65. The quantitative estimate of drug-likeness (QED) is 0.101. The third-order valence-electron chi connectivity index (χ3n) is 5.76. The van der Waals surface area contributed by atoms with Gasteiger partial charge in [-0.05, 0) is 32.1 Å². The van der Waals surface area contributed by atoms with E-state index in [9.17, 15) is 20.1 Å². The Labute approximate surface area is 210 Å². The molecule has 1 aliphatic heterocycles. The standard InChI is InChI=1S/C24H44O6.C2H4O3/c1-2-3-4-5-6-7-8-9-10-11-12-13-14-15-16-17-22(27)29-19-21(26)24-23(28)20(25)18-30-24;3-1-2(4)5/h9-10,20-21,23-26,28H,2-8,11-19H2,1H3;3H,1H2,(H,4,5)/b10-9-;/t20-,21+,23+,24+;/m0./s1. The van der Waals surface area contributed by atoms with E-state index in [0.717, 1.165) is 25.7 Å². The van der Waals surface area contributed by atoms with Crippen LogP contribution in [0.5, 0.6) is 0 Å². The number of allylic oxidation sites excluding steroid dienone is 2. The Bertz CT molecular complexity index is 553. The number of hydrogen-bond acceptors (Lipinski definition) is 8. The summed E-state index contributed by atoms with van der Waals surface area (Å²) in [4.78, 5) is 20.9. The Morgan fingerprint density at radius 2 is 1.46 bits per heavy atom. The summed E-state index contributed by atoms with van der Waals surface area (Å²) in [5.41, 5.74) is 0. The summed E-state index contributed by atoms with van der Waals surface area (Å²) < 4.78 is 10.2. The number of ether oxygens (including phenoxy) is 2. The van der Waals surface area contributed by atoms with Crippen molar-refractivity contribution in [2.24, 2.45) is 0 Å². The van der Waals surface area contributed by atoms with Crippen LogP contribution >= 0.6 is 0 Å². The highest BCUT2D eigenvalue weighted by atomic mass is 16.6. The van der Waals surface area contributed by atoms with Gasteiger partial charge in [-0.1, -0.05) is 70.4 Å².